The van der Waals surface area contributed by atoms with E-state index in [1.165, 1.54) is 0 Å². The van der Waals surface area contributed by atoms with E-state index in [1.807, 2.05) is 6.92 Å². The molecule has 18 heavy (non-hydrogen) atoms. The molecule has 1 amide bonds. The molecule has 1 aliphatic rings. The number of nitrogens with one attached hydrogen (secondary N) is 1. The molecule has 0 saturated heterocycles. The Balaban J connectivity index is 2.15. The number of hydrogen-bond donors (Lipinski definition) is 2. The molecule has 3 N–H and O–H groups in total. The van der Waals surface area contributed by atoms with Gasteiger partial charge in [-0.05, 0) is 25.1 Å². The first kappa shape index (κ1) is 12.7. The van der Waals surface area contributed by atoms with Gasteiger partial charge in [-0.1, -0.05) is 0 Å². The van der Waals surface area contributed by atoms with Crippen LogP contribution in [0.2, 0.25) is 0 Å². The molecule has 98 valence electrons. The van der Waals surface area contributed by atoms with Gasteiger partial charge in [0.1, 0.15) is 0 Å². The minimum absolute atomic E-state index is 0.0477. The fourth-order valence-corrected chi connectivity index (χ4v) is 1.67. The number of fused-ring (bicyclic) bond motifs is 1. The third-order valence-electron chi connectivity index (χ3n) is 2.74. The van der Waals surface area contributed by atoms with Crippen molar-refractivity contribution in [1.29, 1.82) is 0 Å². The highest BCUT2D eigenvalue weighted by molar-refractivity contribution is 5.95. The summed E-state index contributed by atoms with van der Waals surface area (Å²) in [6.07, 6.45) is 0.848. The van der Waals surface area contributed by atoms with Crippen molar-refractivity contribution < 1.29 is 14.3 Å². The second-order valence-corrected chi connectivity index (χ2v) is 4.32. The molecule has 0 aromatic heterocycles. The Hall–Kier alpha value is -1.75. The van der Waals surface area contributed by atoms with E-state index in [9.17, 15) is 4.79 Å². The summed E-state index contributed by atoms with van der Waals surface area (Å²) >= 11 is 0. The first-order chi connectivity index (χ1) is 8.70. The lowest BCUT2D eigenvalue weighted by atomic mass is 10.1. The lowest BCUT2D eigenvalue weighted by Gasteiger charge is -2.13. The number of nitrogens with two attached hydrogens (primary N) is 1. The number of amides is 1. The van der Waals surface area contributed by atoms with Crippen LogP contribution in [0.15, 0.2) is 18.2 Å². The van der Waals surface area contributed by atoms with E-state index in [0.29, 0.717) is 36.8 Å². The summed E-state index contributed by atoms with van der Waals surface area (Å²) in [4.78, 5) is 11.9. The Morgan fingerprint density at radius 3 is 2.83 bits per heavy atom. The van der Waals surface area contributed by atoms with Crippen molar-refractivity contribution in [2.75, 3.05) is 19.8 Å². The molecule has 0 saturated carbocycles. The van der Waals surface area contributed by atoms with Crippen LogP contribution < -0.4 is 20.5 Å². The van der Waals surface area contributed by atoms with Crippen molar-refractivity contribution in [1.82, 2.24) is 5.32 Å². The zero-order valence-electron chi connectivity index (χ0n) is 10.4. The maximum atomic E-state index is 11.9. The number of carbonyl (C=O) groups is 1. The zero-order valence-corrected chi connectivity index (χ0v) is 10.4. The van der Waals surface area contributed by atoms with Crippen LogP contribution in [0, 0.1) is 0 Å². The van der Waals surface area contributed by atoms with Gasteiger partial charge in [0.25, 0.3) is 5.91 Å². The molecule has 0 fully saturated rings. The van der Waals surface area contributed by atoms with Crippen LogP contribution in [0.4, 0.5) is 0 Å². The van der Waals surface area contributed by atoms with Crippen molar-refractivity contribution in [3.63, 3.8) is 0 Å². The molecule has 0 aliphatic carbocycles. The van der Waals surface area contributed by atoms with Gasteiger partial charge >= 0.3 is 0 Å². The molecule has 1 aromatic rings. The highest BCUT2D eigenvalue weighted by Gasteiger charge is 2.14. The summed E-state index contributed by atoms with van der Waals surface area (Å²) in [5.74, 6) is 1.17. The smallest absolute Gasteiger partial charge is 0.251 e. The predicted molar refractivity (Wildman–Crippen MR) is 68.0 cm³/mol. The second-order valence-electron chi connectivity index (χ2n) is 4.32. The van der Waals surface area contributed by atoms with Gasteiger partial charge in [-0.25, -0.2) is 0 Å². The number of benzene rings is 1. The Morgan fingerprint density at radius 2 is 2.11 bits per heavy atom. The molecule has 2 rings (SSSR count). The summed E-state index contributed by atoms with van der Waals surface area (Å²) in [6, 6.07) is 5.15. The Kier molecular flexibility index (Phi) is 4.04. The Bertz CT molecular complexity index is 434. The summed E-state index contributed by atoms with van der Waals surface area (Å²) in [5, 5.41) is 2.81. The second kappa shape index (κ2) is 5.73. The molecule has 1 aromatic carbocycles. The SMILES string of the molecule is C[C@@H](CN)NC(=O)c1ccc2c(c1)OCCCO2. The van der Waals surface area contributed by atoms with Crippen LogP contribution in [-0.2, 0) is 0 Å². The lowest BCUT2D eigenvalue weighted by Crippen LogP contribution is -2.37. The molecule has 5 heteroatoms. The number of carbonyl (C=O) groups excluding carboxylic acids is 1. The van der Waals surface area contributed by atoms with E-state index >= 15 is 0 Å². The third kappa shape index (κ3) is 2.92. The largest absolute Gasteiger partial charge is 0.490 e. The summed E-state index contributed by atoms with van der Waals surface area (Å²) in [6.45, 7) is 3.53. The van der Waals surface area contributed by atoms with Crippen LogP contribution in [0.3, 0.4) is 0 Å². The van der Waals surface area contributed by atoms with E-state index in [0.717, 1.165) is 6.42 Å². The van der Waals surface area contributed by atoms with Crippen LogP contribution in [0.25, 0.3) is 0 Å². The highest BCUT2D eigenvalue weighted by atomic mass is 16.5. The highest BCUT2D eigenvalue weighted by Crippen LogP contribution is 2.30. The maximum Gasteiger partial charge on any atom is 0.251 e. The molecule has 0 bridgehead atoms. The third-order valence-corrected chi connectivity index (χ3v) is 2.74. The molecule has 5 nitrogen and oxygen atoms in total. The van der Waals surface area contributed by atoms with Crippen molar-refractivity contribution in [3.05, 3.63) is 23.8 Å². The molecule has 1 aliphatic heterocycles. The summed E-state index contributed by atoms with van der Waals surface area (Å²) in [7, 11) is 0. The zero-order chi connectivity index (χ0) is 13.0. The monoisotopic (exact) mass is 250 g/mol. The molecule has 0 spiro atoms. The van der Waals surface area contributed by atoms with Gasteiger partial charge in [0.05, 0.1) is 13.2 Å². The molecule has 0 unspecified atom stereocenters. The summed E-state index contributed by atoms with van der Waals surface area (Å²) < 4.78 is 11.0. The van der Waals surface area contributed by atoms with Gasteiger partial charge < -0.3 is 20.5 Å². The Morgan fingerprint density at radius 1 is 1.39 bits per heavy atom. The topological polar surface area (TPSA) is 73.6 Å². The molecule has 1 atom stereocenters. The standard InChI is InChI=1S/C13H18N2O3/c1-9(8-14)15-13(16)10-3-4-11-12(7-10)18-6-2-5-17-11/h3-4,7,9H,2,5-6,8,14H2,1H3,(H,15,16)/t9-/m0/s1. The van der Waals surface area contributed by atoms with E-state index in [-0.39, 0.29) is 11.9 Å². The fraction of sp³-hybridized carbons (Fsp3) is 0.462. The van der Waals surface area contributed by atoms with Gasteiger partial charge in [0.15, 0.2) is 11.5 Å². The Labute approximate surface area is 106 Å². The first-order valence-electron chi connectivity index (χ1n) is 6.11. The maximum absolute atomic E-state index is 11.9. The van der Waals surface area contributed by atoms with Crippen molar-refractivity contribution in [3.8, 4) is 11.5 Å². The molecular weight excluding hydrogens is 232 g/mol. The van der Waals surface area contributed by atoms with E-state index in [4.69, 9.17) is 15.2 Å². The van der Waals surface area contributed by atoms with E-state index < -0.39 is 0 Å². The molecule has 0 radical (unpaired) electrons. The van der Waals surface area contributed by atoms with E-state index in [1.54, 1.807) is 18.2 Å². The van der Waals surface area contributed by atoms with Crippen LogP contribution in [-0.4, -0.2) is 31.7 Å². The molecule has 1 heterocycles. The van der Waals surface area contributed by atoms with Crippen molar-refractivity contribution in [2.24, 2.45) is 5.73 Å². The van der Waals surface area contributed by atoms with Gasteiger partial charge in [-0.2, -0.15) is 0 Å². The van der Waals surface area contributed by atoms with Gasteiger partial charge in [0.2, 0.25) is 0 Å². The average molecular weight is 250 g/mol. The minimum atomic E-state index is -0.149. The fourth-order valence-electron chi connectivity index (χ4n) is 1.67. The number of ether oxygens (including phenoxy) is 2. The molecular formula is C13H18N2O3. The van der Waals surface area contributed by atoms with Gasteiger partial charge in [-0.3, -0.25) is 4.79 Å². The first-order valence-corrected chi connectivity index (χ1v) is 6.11. The normalized spacial score (nSPS) is 15.7. The van der Waals surface area contributed by atoms with Crippen LogP contribution >= 0.6 is 0 Å². The quantitative estimate of drug-likeness (QED) is 0.836. The number of hydrogen-bond acceptors (Lipinski definition) is 4. The van der Waals surface area contributed by atoms with Crippen molar-refractivity contribution in [2.45, 2.75) is 19.4 Å². The van der Waals surface area contributed by atoms with Crippen molar-refractivity contribution >= 4 is 5.91 Å². The minimum Gasteiger partial charge on any atom is -0.490 e. The predicted octanol–water partition coefficient (Wildman–Crippen LogP) is 0.925. The van der Waals surface area contributed by atoms with Crippen LogP contribution in [0.5, 0.6) is 11.5 Å². The van der Waals surface area contributed by atoms with E-state index in [2.05, 4.69) is 5.32 Å². The van der Waals surface area contributed by atoms with Gasteiger partial charge in [0, 0.05) is 24.6 Å². The lowest BCUT2D eigenvalue weighted by molar-refractivity contribution is 0.0941. The number of rotatable bonds is 3. The summed E-state index contributed by atoms with van der Waals surface area (Å²) in [5.41, 5.74) is 6.03. The average Bonchev–Trinajstić information content (AvgIpc) is 2.62. The van der Waals surface area contributed by atoms with Crippen LogP contribution in [0.1, 0.15) is 23.7 Å². The van der Waals surface area contributed by atoms with Gasteiger partial charge in [-0.15, -0.1) is 0 Å².